The predicted octanol–water partition coefficient (Wildman–Crippen LogP) is 0.429. The summed E-state index contributed by atoms with van der Waals surface area (Å²) >= 11 is 0. The molecule has 14 heavy (non-hydrogen) atoms. The average molecular weight is 198 g/mol. The van der Waals surface area contributed by atoms with E-state index in [0.717, 1.165) is 0 Å². The minimum absolute atomic E-state index is 0.516. The maximum atomic E-state index is 11.1. The summed E-state index contributed by atoms with van der Waals surface area (Å²) in [5.74, 6) is -0.503. The first kappa shape index (κ1) is 11.0. The van der Waals surface area contributed by atoms with E-state index in [2.05, 4.69) is 10.6 Å². The van der Waals surface area contributed by atoms with Crippen molar-refractivity contribution in [1.29, 1.82) is 0 Å². The molecule has 1 aliphatic carbocycles. The van der Waals surface area contributed by atoms with Crippen LogP contribution in [0.5, 0.6) is 0 Å². The molecule has 2 amide bonds. The number of nitrogens with one attached hydrogen (secondary N) is 2. The largest absolute Gasteiger partial charge is 0.351 e. The van der Waals surface area contributed by atoms with Crippen molar-refractivity contribution in [3.05, 3.63) is 0 Å². The van der Waals surface area contributed by atoms with Crippen LogP contribution in [0.1, 0.15) is 32.1 Å². The summed E-state index contributed by atoms with van der Waals surface area (Å²) < 4.78 is 0. The van der Waals surface area contributed by atoms with Crippen LogP contribution < -0.4 is 10.6 Å². The zero-order valence-corrected chi connectivity index (χ0v) is 8.64. The summed E-state index contributed by atoms with van der Waals surface area (Å²) in [5, 5.41) is 4.95. The molecular formula is C10H18N2O2. The van der Waals surface area contributed by atoms with Crippen LogP contribution in [0.4, 0.5) is 0 Å². The Labute approximate surface area is 84.4 Å². The lowest BCUT2D eigenvalue weighted by molar-refractivity contribution is -0.139. The van der Waals surface area contributed by atoms with Crippen molar-refractivity contribution in [2.75, 3.05) is 13.6 Å². The molecule has 0 saturated heterocycles. The van der Waals surface area contributed by atoms with Crippen molar-refractivity contribution in [2.45, 2.75) is 32.1 Å². The summed E-state index contributed by atoms with van der Waals surface area (Å²) in [6, 6.07) is 0. The monoisotopic (exact) mass is 198 g/mol. The van der Waals surface area contributed by atoms with Gasteiger partial charge in [0.2, 0.25) is 0 Å². The Bertz CT molecular complexity index is 210. The molecule has 0 heterocycles. The van der Waals surface area contributed by atoms with Gasteiger partial charge in [0.25, 0.3) is 0 Å². The van der Waals surface area contributed by atoms with Gasteiger partial charge in [-0.05, 0) is 18.8 Å². The Hall–Kier alpha value is -1.06. The highest BCUT2D eigenvalue weighted by molar-refractivity contribution is 6.34. The van der Waals surface area contributed by atoms with Gasteiger partial charge in [0.05, 0.1) is 0 Å². The van der Waals surface area contributed by atoms with Gasteiger partial charge in [-0.2, -0.15) is 0 Å². The third kappa shape index (κ3) is 3.36. The van der Waals surface area contributed by atoms with Crippen molar-refractivity contribution in [1.82, 2.24) is 10.6 Å². The van der Waals surface area contributed by atoms with Crippen LogP contribution in [0.15, 0.2) is 0 Å². The third-order valence-electron chi connectivity index (χ3n) is 2.71. The van der Waals surface area contributed by atoms with Crippen molar-refractivity contribution in [3.63, 3.8) is 0 Å². The second kappa shape index (κ2) is 5.62. The first-order chi connectivity index (χ1) is 6.74. The molecule has 0 bridgehead atoms. The summed E-state index contributed by atoms with van der Waals surface area (Å²) in [6.45, 7) is 0.645. The molecule has 0 aliphatic heterocycles. The Morgan fingerprint density at radius 3 is 2.36 bits per heavy atom. The van der Waals surface area contributed by atoms with Gasteiger partial charge in [-0.1, -0.05) is 19.3 Å². The van der Waals surface area contributed by atoms with E-state index in [9.17, 15) is 9.59 Å². The van der Waals surface area contributed by atoms with Gasteiger partial charge in [-0.25, -0.2) is 0 Å². The van der Waals surface area contributed by atoms with E-state index >= 15 is 0 Å². The highest BCUT2D eigenvalue weighted by atomic mass is 16.2. The highest BCUT2D eigenvalue weighted by Gasteiger charge is 2.16. The first-order valence-corrected chi connectivity index (χ1v) is 5.24. The third-order valence-corrected chi connectivity index (χ3v) is 2.71. The van der Waals surface area contributed by atoms with Gasteiger partial charge in [-0.3, -0.25) is 9.59 Å². The van der Waals surface area contributed by atoms with E-state index in [0.29, 0.717) is 12.5 Å². The molecule has 1 aliphatic rings. The van der Waals surface area contributed by atoms with Crippen LogP contribution in [0.25, 0.3) is 0 Å². The Balaban J connectivity index is 2.18. The Morgan fingerprint density at radius 1 is 1.14 bits per heavy atom. The molecular weight excluding hydrogens is 180 g/mol. The van der Waals surface area contributed by atoms with Crippen LogP contribution in [0.3, 0.4) is 0 Å². The van der Waals surface area contributed by atoms with E-state index in [1.54, 1.807) is 0 Å². The molecule has 1 saturated carbocycles. The van der Waals surface area contributed by atoms with Crippen molar-refractivity contribution >= 4 is 11.8 Å². The number of hydrogen-bond donors (Lipinski definition) is 2. The minimum atomic E-state index is -0.555. The summed E-state index contributed by atoms with van der Waals surface area (Å²) in [6.07, 6.45) is 6.16. The topological polar surface area (TPSA) is 58.2 Å². The molecule has 0 spiro atoms. The first-order valence-electron chi connectivity index (χ1n) is 5.24. The van der Waals surface area contributed by atoms with E-state index in [1.807, 2.05) is 0 Å². The molecule has 0 atom stereocenters. The average Bonchev–Trinajstić information content (AvgIpc) is 2.26. The van der Waals surface area contributed by atoms with E-state index in [-0.39, 0.29) is 0 Å². The number of rotatable bonds is 2. The molecule has 2 N–H and O–H groups in total. The van der Waals surface area contributed by atoms with Gasteiger partial charge in [0.15, 0.2) is 0 Å². The molecule has 0 radical (unpaired) electrons. The fourth-order valence-corrected chi connectivity index (χ4v) is 1.82. The lowest BCUT2D eigenvalue weighted by atomic mass is 9.89. The van der Waals surface area contributed by atoms with Crippen LogP contribution in [0, 0.1) is 5.92 Å². The highest BCUT2D eigenvalue weighted by Crippen LogP contribution is 2.22. The molecule has 1 rings (SSSR count). The van der Waals surface area contributed by atoms with Gasteiger partial charge in [0, 0.05) is 13.6 Å². The van der Waals surface area contributed by atoms with Crippen LogP contribution in [-0.2, 0) is 9.59 Å². The molecule has 0 unspecified atom stereocenters. The van der Waals surface area contributed by atoms with Gasteiger partial charge < -0.3 is 10.6 Å². The second-order valence-electron chi connectivity index (χ2n) is 3.79. The normalized spacial score (nSPS) is 17.5. The SMILES string of the molecule is CNC(=O)C(=O)NCC1CCCCC1. The molecule has 0 aromatic rings. The van der Waals surface area contributed by atoms with Crippen molar-refractivity contribution in [2.24, 2.45) is 5.92 Å². The lowest BCUT2D eigenvalue weighted by Crippen LogP contribution is -2.40. The summed E-state index contributed by atoms with van der Waals surface area (Å²) in [5.41, 5.74) is 0. The van der Waals surface area contributed by atoms with E-state index < -0.39 is 11.8 Å². The minimum Gasteiger partial charge on any atom is -0.351 e. The van der Waals surface area contributed by atoms with Gasteiger partial charge in [-0.15, -0.1) is 0 Å². The number of carbonyl (C=O) groups is 2. The molecule has 0 aromatic carbocycles. The standard InChI is InChI=1S/C10H18N2O2/c1-11-9(13)10(14)12-7-8-5-3-2-4-6-8/h8H,2-7H2,1H3,(H,11,13)(H,12,14). The molecule has 80 valence electrons. The molecule has 0 aromatic heterocycles. The van der Waals surface area contributed by atoms with Crippen LogP contribution in [0.2, 0.25) is 0 Å². The van der Waals surface area contributed by atoms with E-state index in [4.69, 9.17) is 0 Å². The smallest absolute Gasteiger partial charge is 0.309 e. The second-order valence-corrected chi connectivity index (χ2v) is 3.79. The zero-order chi connectivity index (χ0) is 10.4. The van der Waals surface area contributed by atoms with Gasteiger partial charge >= 0.3 is 11.8 Å². The van der Waals surface area contributed by atoms with Crippen LogP contribution in [-0.4, -0.2) is 25.4 Å². The lowest BCUT2D eigenvalue weighted by Gasteiger charge is -2.21. The summed E-state index contributed by atoms with van der Waals surface area (Å²) in [4.78, 5) is 22.0. The number of hydrogen-bond acceptors (Lipinski definition) is 2. The molecule has 4 heteroatoms. The maximum absolute atomic E-state index is 11.1. The fraction of sp³-hybridized carbons (Fsp3) is 0.800. The zero-order valence-electron chi connectivity index (χ0n) is 8.64. The Kier molecular flexibility index (Phi) is 4.43. The molecule has 4 nitrogen and oxygen atoms in total. The summed E-state index contributed by atoms with van der Waals surface area (Å²) in [7, 11) is 1.46. The van der Waals surface area contributed by atoms with Gasteiger partial charge in [0.1, 0.15) is 0 Å². The Morgan fingerprint density at radius 2 is 1.79 bits per heavy atom. The number of likely N-dealkylation sites (N-methyl/N-ethyl adjacent to an activating group) is 1. The van der Waals surface area contributed by atoms with Crippen molar-refractivity contribution < 1.29 is 9.59 Å². The van der Waals surface area contributed by atoms with E-state index in [1.165, 1.54) is 39.2 Å². The molecule has 1 fully saturated rings. The fourth-order valence-electron chi connectivity index (χ4n) is 1.82. The number of carbonyl (C=O) groups excluding carboxylic acids is 2. The van der Waals surface area contributed by atoms with Crippen LogP contribution >= 0.6 is 0 Å². The maximum Gasteiger partial charge on any atom is 0.309 e. The van der Waals surface area contributed by atoms with Crippen molar-refractivity contribution in [3.8, 4) is 0 Å². The predicted molar refractivity (Wildman–Crippen MR) is 53.7 cm³/mol. The quantitative estimate of drug-likeness (QED) is 0.632. The number of amides is 2.